The Morgan fingerprint density at radius 1 is 1.15 bits per heavy atom. The lowest BCUT2D eigenvalue weighted by atomic mass is 10.3. The Morgan fingerprint density at radius 2 is 1.90 bits per heavy atom. The van der Waals surface area contributed by atoms with Crippen LogP contribution in [0.25, 0.3) is 0 Å². The van der Waals surface area contributed by atoms with Crippen molar-refractivity contribution >= 4 is 5.95 Å². The highest BCUT2D eigenvalue weighted by Crippen LogP contribution is 2.08. The molecule has 20 heavy (non-hydrogen) atoms. The molecule has 0 saturated carbocycles. The molecule has 0 spiro atoms. The highest BCUT2D eigenvalue weighted by Gasteiger charge is 2.17. The number of aromatic nitrogens is 2. The van der Waals surface area contributed by atoms with E-state index >= 15 is 0 Å². The second-order valence-corrected chi connectivity index (χ2v) is 4.97. The van der Waals surface area contributed by atoms with Crippen LogP contribution in [0.2, 0.25) is 0 Å². The zero-order chi connectivity index (χ0) is 14.0. The summed E-state index contributed by atoms with van der Waals surface area (Å²) in [4.78, 5) is 13.3. The van der Waals surface area contributed by atoms with Crippen molar-refractivity contribution in [1.82, 2.24) is 20.2 Å². The molecule has 0 bridgehead atoms. The van der Waals surface area contributed by atoms with E-state index in [0.717, 1.165) is 64.8 Å². The summed E-state index contributed by atoms with van der Waals surface area (Å²) in [5.41, 5.74) is 0. The van der Waals surface area contributed by atoms with Crippen molar-refractivity contribution in [2.45, 2.75) is 6.42 Å². The highest BCUT2D eigenvalue weighted by molar-refractivity contribution is 5.29. The monoisotopic (exact) mass is 279 g/mol. The maximum Gasteiger partial charge on any atom is 0.225 e. The SMILES string of the molecule is COCCCNCCN1CCN(c2ncccn2)CC1. The van der Waals surface area contributed by atoms with Gasteiger partial charge in [-0.3, -0.25) is 4.90 Å². The third-order valence-corrected chi connectivity index (χ3v) is 3.51. The fourth-order valence-corrected chi connectivity index (χ4v) is 2.33. The molecule has 1 N–H and O–H groups in total. The van der Waals surface area contributed by atoms with Crippen LogP contribution in [-0.2, 0) is 4.74 Å². The molecular weight excluding hydrogens is 254 g/mol. The molecule has 0 atom stereocenters. The number of ether oxygens (including phenoxy) is 1. The van der Waals surface area contributed by atoms with Gasteiger partial charge in [0.15, 0.2) is 0 Å². The molecule has 1 aliphatic rings. The number of methoxy groups -OCH3 is 1. The smallest absolute Gasteiger partial charge is 0.225 e. The Bertz CT molecular complexity index is 354. The third-order valence-electron chi connectivity index (χ3n) is 3.51. The molecule has 2 heterocycles. The van der Waals surface area contributed by atoms with E-state index in [1.807, 2.05) is 6.07 Å². The van der Waals surface area contributed by atoms with Gasteiger partial charge < -0.3 is 15.0 Å². The molecule has 0 unspecified atom stereocenters. The van der Waals surface area contributed by atoms with Gasteiger partial charge in [0, 0.05) is 65.4 Å². The van der Waals surface area contributed by atoms with E-state index in [9.17, 15) is 0 Å². The van der Waals surface area contributed by atoms with Crippen LogP contribution in [0, 0.1) is 0 Å². The van der Waals surface area contributed by atoms with E-state index in [1.165, 1.54) is 0 Å². The van der Waals surface area contributed by atoms with Crippen LogP contribution in [0.3, 0.4) is 0 Å². The molecule has 1 saturated heterocycles. The number of anilines is 1. The third kappa shape index (κ3) is 5.03. The lowest BCUT2D eigenvalue weighted by Crippen LogP contribution is -2.48. The lowest BCUT2D eigenvalue weighted by molar-refractivity contribution is 0.193. The molecule has 6 heteroatoms. The first kappa shape index (κ1) is 15.2. The first-order valence-corrected chi connectivity index (χ1v) is 7.34. The highest BCUT2D eigenvalue weighted by atomic mass is 16.5. The van der Waals surface area contributed by atoms with E-state index in [0.29, 0.717) is 0 Å². The largest absolute Gasteiger partial charge is 0.385 e. The van der Waals surface area contributed by atoms with E-state index in [1.54, 1.807) is 19.5 Å². The molecule has 1 aliphatic heterocycles. The van der Waals surface area contributed by atoms with Crippen molar-refractivity contribution in [3.63, 3.8) is 0 Å². The van der Waals surface area contributed by atoms with Gasteiger partial charge in [-0.15, -0.1) is 0 Å². The summed E-state index contributed by atoms with van der Waals surface area (Å²) in [5, 5.41) is 3.45. The molecule has 0 aromatic carbocycles. The number of nitrogens with zero attached hydrogens (tertiary/aromatic N) is 4. The number of hydrogen-bond acceptors (Lipinski definition) is 6. The number of rotatable bonds is 8. The Labute approximate surface area is 121 Å². The molecule has 1 aromatic rings. The summed E-state index contributed by atoms with van der Waals surface area (Å²) in [6.45, 7) is 8.20. The number of hydrogen-bond donors (Lipinski definition) is 1. The Kier molecular flexibility index (Phi) is 6.70. The second-order valence-electron chi connectivity index (χ2n) is 4.97. The minimum atomic E-state index is 0.836. The molecule has 6 nitrogen and oxygen atoms in total. The van der Waals surface area contributed by atoms with Gasteiger partial charge >= 0.3 is 0 Å². The Balaban J connectivity index is 1.58. The average Bonchev–Trinajstić information content (AvgIpc) is 2.52. The maximum atomic E-state index is 5.02. The Hall–Kier alpha value is -1.24. The van der Waals surface area contributed by atoms with Crippen molar-refractivity contribution in [2.24, 2.45) is 0 Å². The normalized spacial score (nSPS) is 16.6. The van der Waals surface area contributed by atoms with Gasteiger partial charge in [0.2, 0.25) is 5.95 Å². The fraction of sp³-hybridized carbons (Fsp3) is 0.714. The summed E-state index contributed by atoms with van der Waals surface area (Å²) in [5.74, 6) is 0.852. The van der Waals surface area contributed by atoms with Crippen LogP contribution in [-0.4, -0.2) is 74.4 Å². The number of nitrogens with one attached hydrogen (secondary N) is 1. The van der Waals surface area contributed by atoms with E-state index in [2.05, 4.69) is 25.1 Å². The summed E-state index contributed by atoms with van der Waals surface area (Å²) in [6.07, 6.45) is 4.69. The van der Waals surface area contributed by atoms with Crippen molar-refractivity contribution in [2.75, 3.05) is 64.4 Å². The van der Waals surface area contributed by atoms with Crippen LogP contribution < -0.4 is 10.2 Å². The van der Waals surface area contributed by atoms with Gasteiger partial charge in [-0.05, 0) is 19.0 Å². The second kappa shape index (κ2) is 8.84. The molecular formula is C14H25N5O. The summed E-state index contributed by atoms with van der Waals surface area (Å²) in [6, 6.07) is 1.86. The summed E-state index contributed by atoms with van der Waals surface area (Å²) in [7, 11) is 1.75. The topological polar surface area (TPSA) is 53.5 Å². The minimum absolute atomic E-state index is 0.836. The van der Waals surface area contributed by atoms with Crippen molar-refractivity contribution in [3.8, 4) is 0 Å². The Morgan fingerprint density at radius 3 is 2.60 bits per heavy atom. The first-order valence-electron chi connectivity index (χ1n) is 7.34. The van der Waals surface area contributed by atoms with Crippen LogP contribution in [0.4, 0.5) is 5.95 Å². The van der Waals surface area contributed by atoms with Crippen LogP contribution in [0.15, 0.2) is 18.5 Å². The van der Waals surface area contributed by atoms with E-state index < -0.39 is 0 Å². The molecule has 0 amide bonds. The van der Waals surface area contributed by atoms with Gasteiger partial charge in [0.05, 0.1) is 0 Å². The zero-order valence-corrected chi connectivity index (χ0v) is 12.3. The summed E-state index contributed by atoms with van der Waals surface area (Å²) < 4.78 is 5.02. The van der Waals surface area contributed by atoms with E-state index in [-0.39, 0.29) is 0 Å². The van der Waals surface area contributed by atoms with Crippen LogP contribution in [0.1, 0.15) is 6.42 Å². The zero-order valence-electron chi connectivity index (χ0n) is 12.3. The quantitative estimate of drug-likeness (QED) is 0.687. The molecule has 0 aliphatic carbocycles. The van der Waals surface area contributed by atoms with Crippen LogP contribution >= 0.6 is 0 Å². The minimum Gasteiger partial charge on any atom is -0.385 e. The van der Waals surface area contributed by atoms with Crippen molar-refractivity contribution in [3.05, 3.63) is 18.5 Å². The van der Waals surface area contributed by atoms with E-state index in [4.69, 9.17) is 4.74 Å². The molecule has 2 rings (SSSR count). The lowest BCUT2D eigenvalue weighted by Gasteiger charge is -2.34. The molecule has 1 fully saturated rings. The molecule has 112 valence electrons. The first-order chi connectivity index (χ1) is 9.90. The van der Waals surface area contributed by atoms with Gasteiger partial charge in [-0.25, -0.2) is 9.97 Å². The maximum absolute atomic E-state index is 5.02. The van der Waals surface area contributed by atoms with Gasteiger partial charge in [-0.2, -0.15) is 0 Å². The predicted octanol–water partition coefficient (Wildman–Crippen LogP) is 0.225. The predicted molar refractivity (Wildman–Crippen MR) is 80.0 cm³/mol. The van der Waals surface area contributed by atoms with Crippen molar-refractivity contribution < 1.29 is 4.74 Å². The van der Waals surface area contributed by atoms with Gasteiger partial charge in [0.1, 0.15) is 0 Å². The fourth-order valence-electron chi connectivity index (χ4n) is 2.33. The van der Waals surface area contributed by atoms with Gasteiger partial charge in [0.25, 0.3) is 0 Å². The van der Waals surface area contributed by atoms with Crippen LogP contribution in [0.5, 0.6) is 0 Å². The number of piperazine rings is 1. The average molecular weight is 279 g/mol. The van der Waals surface area contributed by atoms with Gasteiger partial charge in [-0.1, -0.05) is 0 Å². The van der Waals surface area contributed by atoms with Crippen molar-refractivity contribution in [1.29, 1.82) is 0 Å². The molecule has 0 radical (unpaired) electrons. The molecule has 1 aromatic heterocycles. The standard InChI is InChI=1S/C14H25N5O/c1-20-13-3-4-15-7-8-18-9-11-19(12-10-18)14-16-5-2-6-17-14/h2,5-6,15H,3-4,7-13H2,1H3. The summed E-state index contributed by atoms with van der Waals surface area (Å²) >= 11 is 0.